The zero-order chi connectivity index (χ0) is 14.0. The molecule has 6 heteroatoms. The van der Waals surface area contributed by atoms with E-state index in [0.29, 0.717) is 15.6 Å². The molecule has 0 spiro atoms. The molecule has 0 unspecified atom stereocenters. The Kier molecular flexibility index (Phi) is 4.34. The second-order valence-corrected chi connectivity index (χ2v) is 6.51. The molecule has 0 atom stereocenters. The zero-order valence-corrected chi connectivity index (χ0v) is 13.3. The molecule has 0 bridgehead atoms. The van der Waals surface area contributed by atoms with Gasteiger partial charge in [0.25, 0.3) is 5.91 Å². The second kappa shape index (κ2) is 5.81. The fraction of sp³-hybridized carbons (Fsp3) is 0.0769. The lowest BCUT2D eigenvalue weighted by Crippen LogP contribution is -2.12. The monoisotopic (exact) mass is 354 g/mol. The molecule has 1 amide bonds. The quantitative estimate of drug-likeness (QED) is 0.826. The number of aryl methyl sites for hydroxylation is 1. The van der Waals surface area contributed by atoms with Crippen molar-refractivity contribution in [1.82, 2.24) is 0 Å². The van der Waals surface area contributed by atoms with Gasteiger partial charge in [-0.3, -0.25) is 4.79 Å². The van der Waals surface area contributed by atoms with Gasteiger partial charge in [0.2, 0.25) is 0 Å². The number of hydrogen-bond donors (Lipinski definition) is 2. The number of amides is 1. The number of anilines is 1. The SMILES string of the molecule is Cc1ccc(C(=O)Nc2ccc(C(N)=S)cc2Br)s1. The van der Waals surface area contributed by atoms with E-state index in [-0.39, 0.29) is 5.91 Å². The van der Waals surface area contributed by atoms with Gasteiger partial charge in [-0.05, 0) is 53.2 Å². The Morgan fingerprint density at radius 2 is 2.11 bits per heavy atom. The first-order valence-electron chi connectivity index (χ1n) is 5.44. The Bertz CT molecular complexity index is 652. The maximum absolute atomic E-state index is 12.0. The molecule has 0 radical (unpaired) electrons. The number of benzene rings is 1. The molecule has 3 nitrogen and oxygen atoms in total. The highest BCUT2D eigenvalue weighted by atomic mass is 79.9. The van der Waals surface area contributed by atoms with Gasteiger partial charge in [0.05, 0.1) is 10.6 Å². The highest BCUT2D eigenvalue weighted by Crippen LogP contribution is 2.25. The van der Waals surface area contributed by atoms with Crippen molar-refractivity contribution in [2.24, 2.45) is 5.73 Å². The van der Waals surface area contributed by atoms with Crippen molar-refractivity contribution in [3.05, 3.63) is 50.1 Å². The summed E-state index contributed by atoms with van der Waals surface area (Å²) in [6.07, 6.45) is 0. The van der Waals surface area contributed by atoms with Crippen molar-refractivity contribution >= 4 is 56.1 Å². The van der Waals surface area contributed by atoms with Crippen LogP contribution in [-0.2, 0) is 0 Å². The molecule has 1 heterocycles. The zero-order valence-electron chi connectivity index (χ0n) is 10.1. The molecule has 0 saturated carbocycles. The van der Waals surface area contributed by atoms with Crippen LogP contribution >= 0.6 is 39.5 Å². The van der Waals surface area contributed by atoms with Crippen LogP contribution in [0.5, 0.6) is 0 Å². The summed E-state index contributed by atoms with van der Waals surface area (Å²) in [5.41, 5.74) is 7.00. The molecule has 1 aromatic heterocycles. The first-order valence-corrected chi connectivity index (χ1v) is 7.46. The Morgan fingerprint density at radius 1 is 1.37 bits per heavy atom. The van der Waals surface area contributed by atoms with Crippen LogP contribution in [-0.4, -0.2) is 10.9 Å². The normalized spacial score (nSPS) is 10.2. The number of thiocarbonyl (C=S) groups is 1. The van der Waals surface area contributed by atoms with Crippen LogP contribution in [0.3, 0.4) is 0 Å². The molecular formula is C13H11BrN2OS2. The molecule has 98 valence electrons. The van der Waals surface area contributed by atoms with Crippen molar-refractivity contribution < 1.29 is 4.79 Å². The predicted molar refractivity (Wildman–Crippen MR) is 87.0 cm³/mol. The first-order chi connectivity index (χ1) is 8.97. The van der Waals surface area contributed by atoms with Gasteiger partial charge in [0.15, 0.2) is 0 Å². The fourth-order valence-corrected chi connectivity index (χ4v) is 2.88. The summed E-state index contributed by atoms with van der Waals surface area (Å²) in [4.78, 5) is 14.1. The fourth-order valence-electron chi connectivity index (χ4n) is 1.51. The minimum Gasteiger partial charge on any atom is -0.389 e. The third-order valence-electron chi connectivity index (χ3n) is 2.47. The third-order valence-corrected chi connectivity index (χ3v) is 4.36. The molecule has 0 aliphatic heterocycles. The van der Waals surface area contributed by atoms with Gasteiger partial charge in [-0.1, -0.05) is 12.2 Å². The van der Waals surface area contributed by atoms with E-state index in [1.807, 2.05) is 19.1 Å². The predicted octanol–water partition coefficient (Wildman–Crippen LogP) is 3.71. The summed E-state index contributed by atoms with van der Waals surface area (Å²) in [5.74, 6) is -0.123. The van der Waals surface area contributed by atoms with Crippen LogP contribution in [0.1, 0.15) is 20.1 Å². The van der Waals surface area contributed by atoms with Crippen LogP contribution in [0.4, 0.5) is 5.69 Å². The maximum Gasteiger partial charge on any atom is 0.265 e. The maximum atomic E-state index is 12.0. The Labute approximate surface area is 129 Å². The molecule has 0 aliphatic rings. The van der Waals surface area contributed by atoms with E-state index in [1.54, 1.807) is 18.2 Å². The minimum atomic E-state index is -0.123. The molecule has 3 N–H and O–H groups in total. The number of nitrogens with one attached hydrogen (secondary N) is 1. The van der Waals surface area contributed by atoms with E-state index in [0.717, 1.165) is 14.9 Å². The van der Waals surface area contributed by atoms with Gasteiger partial charge < -0.3 is 11.1 Å². The van der Waals surface area contributed by atoms with Crippen LogP contribution in [0.25, 0.3) is 0 Å². The largest absolute Gasteiger partial charge is 0.389 e. The van der Waals surface area contributed by atoms with E-state index in [1.165, 1.54) is 11.3 Å². The molecule has 19 heavy (non-hydrogen) atoms. The van der Waals surface area contributed by atoms with Gasteiger partial charge in [-0.15, -0.1) is 11.3 Å². The van der Waals surface area contributed by atoms with Gasteiger partial charge in [-0.25, -0.2) is 0 Å². The van der Waals surface area contributed by atoms with Crippen molar-refractivity contribution in [3.8, 4) is 0 Å². The van der Waals surface area contributed by atoms with E-state index in [9.17, 15) is 4.79 Å². The van der Waals surface area contributed by atoms with Crippen molar-refractivity contribution in [2.45, 2.75) is 6.92 Å². The highest BCUT2D eigenvalue weighted by Gasteiger charge is 2.10. The average Bonchev–Trinajstić information content (AvgIpc) is 2.78. The van der Waals surface area contributed by atoms with Crippen LogP contribution in [0.15, 0.2) is 34.8 Å². The summed E-state index contributed by atoms with van der Waals surface area (Å²) in [6.45, 7) is 1.97. The molecule has 0 fully saturated rings. The van der Waals surface area contributed by atoms with Crippen LogP contribution in [0.2, 0.25) is 0 Å². The number of hydrogen-bond acceptors (Lipinski definition) is 3. The molecular weight excluding hydrogens is 344 g/mol. The topological polar surface area (TPSA) is 55.1 Å². The van der Waals surface area contributed by atoms with Crippen molar-refractivity contribution in [2.75, 3.05) is 5.32 Å². The molecule has 0 saturated heterocycles. The van der Waals surface area contributed by atoms with Crippen molar-refractivity contribution in [3.63, 3.8) is 0 Å². The third kappa shape index (κ3) is 3.40. The summed E-state index contributed by atoms with van der Waals surface area (Å²) >= 11 is 9.76. The molecule has 2 rings (SSSR count). The average molecular weight is 355 g/mol. The lowest BCUT2D eigenvalue weighted by Gasteiger charge is -2.08. The standard InChI is InChI=1S/C13H11BrN2OS2/c1-7-2-5-11(19-7)13(17)16-10-4-3-8(12(15)18)6-9(10)14/h2-6H,1H3,(H2,15,18)(H,16,17). The number of carbonyl (C=O) groups is 1. The summed E-state index contributed by atoms with van der Waals surface area (Å²) < 4.78 is 0.749. The van der Waals surface area contributed by atoms with E-state index in [4.69, 9.17) is 18.0 Å². The van der Waals surface area contributed by atoms with Gasteiger partial charge in [0, 0.05) is 14.9 Å². The van der Waals surface area contributed by atoms with Crippen LogP contribution in [0, 0.1) is 6.92 Å². The summed E-state index contributed by atoms with van der Waals surface area (Å²) in [7, 11) is 0. The van der Waals surface area contributed by atoms with E-state index < -0.39 is 0 Å². The minimum absolute atomic E-state index is 0.123. The summed E-state index contributed by atoms with van der Waals surface area (Å²) in [5, 5.41) is 2.85. The molecule has 0 aliphatic carbocycles. The van der Waals surface area contributed by atoms with Gasteiger partial charge >= 0.3 is 0 Å². The second-order valence-electron chi connectivity index (χ2n) is 3.92. The Balaban J connectivity index is 2.20. The number of carbonyl (C=O) groups excluding carboxylic acids is 1. The molecule has 2 aromatic rings. The lowest BCUT2D eigenvalue weighted by atomic mass is 10.2. The number of halogens is 1. The highest BCUT2D eigenvalue weighted by molar-refractivity contribution is 9.10. The Morgan fingerprint density at radius 3 is 2.63 bits per heavy atom. The number of rotatable bonds is 3. The number of nitrogens with two attached hydrogens (primary N) is 1. The van der Waals surface area contributed by atoms with E-state index in [2.05, 4.69) is 21.2 Å². The van der Waals surface area contributed by atoms with Gasteiger partial charge in [-0.2, -0.15) is 0 Å². The van der Waals surface area contributed by atoms with Crippen LogP contribution < -0.4 is 11.1 Å². The molecule has 1 aromatic carbocycles. The number of thiophene rings is 1. The van der Waals surface area contributed by atoms with Gasteiger partial charge in [0.1, 0.15) is 4.99 Å². The first kappa shape index (κ1) is 14.2. The lowest BCUT2D eigenvalue weighted by molar-refractivity contribution is 0.103. The summed E-state index contributed by atoms with van der Waals surface area (Å²) in [6, 6.07) is 9.08. The Hall–Kier alpha value is -1.24. The smallest absolute Gasteiger partial charge is 0.265 e. The van der Waals surface area contributed by atoms with E-state index >= 15 is 0 Å². The van der Waals surface area contributed by atoms with Crippen molar-refractivity contribution in [1.29, 1.82) is 0 Å².